The van der Waals surface area contributed by atoms with E-state index in [-0.39, 0.29) is 198 Å². The van der Waals surface area contributed by atoms with Gasteiger partial charge in [-0.15, -0.1) is 0 Å². The Labute approximate surface area is 770 Å². The van der Waals surface area contributed by atoms with E-state index < -0.39 is 64.3 Å². The number of nitrogens with one attached hydrogen (secondary N) is 3. The Kier molecular flexibility index (Phi) is 26.2. The number of ketones is 4. The van der Waals surface area contributed by atoms with Crippen molar-refractivity contribution in [1.29, 1.82) is 0 Å². The first-order valence-electron chi connectivity index (χ1n) is 43.0. The second kappa shape index (κ2) is 38.3. The van der Waals surface area contributed by atoms with E-state index in [1.807, 2.05) is 30.3 Å². The van der Waals surface area contributed by atoms with Crippen molar-refractivity contribution >= 4 is 40.9 Å². The summed E-state index contributed by atoms with van der Waals surface area (Å²) < 4.78 is 231. The molecule has 4 aliphatic carbocycles. The molecule has 3 amide bonds. The van der Waals surface area contributed by atoms with Gasteiger partial charge in [0, 0.05) is 197 Å². The maximum Gasteiger partial charge on any atom is 0.419 e. The van der Waals surface area contributed by atoms with Gasteiger partial charge < -0.3 is 53.8 Å². The number of hydrogen-bond donors (Lipinski definition) is 3. The first-order chi connectivity index (χ1) is 65.5. The lowest BCUT2D eigenvalue weighted by Crippen LogP contribution is -2.18. The molecular formula is C101H77F14N7O15. The molecule has 4 aliphatic heterocycles. The Bertz CT molecular complexity index is 6750. The van der Waals surface area contributed by atoms with Crippen LogP contribution in [0.25, 0.3) is 0 Å². The maximum absolute atomic E-state index is 13.9. The summed E-state index contributed by atoms with van der Waals surface area (Å²) >= 11 is 0. The molecular weight excluding hydrogens is 1820 g/mol. The molecule has 137 heavy (non-hydrogen) atoms. The van der Waals surface area contributed by atoms with Gasteiger partial charge in [-0.3, -0.25) is 53.5 Å². The van der Waals surface area contributed by atoms with Gasteiger partial charge in [-0.2, -0.15) is 39.5 Å². The summed E-state index contributed by atoms with van der Waals surface area (Å²) in [6.45, 7) is 0. The molecule has 8 heterocycles. The summed E-state index contributed by atoms with van der Waals surface area (Å²) in [7, 11) is 4.54. The number of amides is 3. The number of hydrogen-bond acceptors (Lipinski definition) is 19. The molecule has 12 aromatic rings. The third-order valence-corrected chi connectivity index (χ3v) is 24.4. The van der Waals surface area contributed by atoms with Gasteiger partial charge in [-0.1, -0.05) is 30.3 Å². The van der Waals surface area contributed by atoms with Crippen LogP contribution < -0.4 is 53.8 Å². The zero-order valence-electron chi connectivity index (χ0n) is 72.2. The monoisotopic (exact) mass is 1890 g/mol. The summed E-state index contributed by atoms with van der Waals surface area (Å²) in [6.07, 6.45) is -7.04. The number of halogens is 14. The van der Waals surface area contributed by atoms with Crippen molar-refractivity contribution in [1.82, 2.24) is 35.9 Å². The summed E-state index contributed by atoms with van der Waals surface area (Å²) in [4.78, 5) is 101. The third-order valence-electron chi connectivity index (χ3n) is 24.4. The largest absolute Gasteiger partial charge is 0.489 e. The van der Waals surface area contributed by atoms with Gasteiger partial charge in [0.2, 0.25) is 0 Å². The highest BCUT2D eigenvalue weighted by molar-refractivity contribution is 5.94. The van der Waals surface area contributed by atoms with Gasteiger partial charge in [0.25, 0.3) is 17.7 Å². The Morgan fingerprint density at radius 1 is 0.314 bits per heavy atom. The predicted molar refractivity (Wildman–Crippen MR) is 460 cm³/mol. The van der Waals surface area contributed by atoms with Crippen molar-refractivity contribution in [2.75, 3.05) is 21.1 Å². The van der Waals surface area contributed by atoms with Crippen LogP contribution >= 0.6 is 0 Å². The number of pyridine rings is 4. The standard InChI is InChI=1S/C26H20F4N2O4.C26H21F3N2O4.C25H19F3N2O4.C24H17F4NO3/c1-31-25(34)21-12-16(6-7-32-21)35-15-3-5-22-17(11-15)23-18(24(23)36-22)10-14(33)8-13-2-4-20(27)19(9-13)26(28,29)30;1-30-25(33)21-13-18(7-8-31-21)34-17-5-6-22-19(12-17)23-20(24(23)35-22)11-16(32)10-14-3-2-4-15(9-14)26(27,28)29;1-29-25(32)21-10-15(4-5-30-21)33-14-2-3-22-16(9-14)23-17(24(23)34-22)8-13(31)6-12-7-19(27)20(28)11-18(12)26;25-20-3-1-13(10-19(20)24(26,27)28)9-14(30)11-18-22-17-12-16(2-4-21(17)32-23(18)22)31-15-5-7-29-8-6-15/h2-7,9,11-12,18,23-24H,8,10H2,1H3,(H,31,34);2-9,12-13,20,23-24H,10-11H2,1H3,(H,30,33);2-5,7,9-11,17,23-24H,6,8H2,1H3,(H,29,32);1-8,10,12,18,22-23H,9,11H2/t18-,23-,24+;20-,23-,24+;17-,23-,24+;18-,22-,23+/m0000/s1. The van der Waals surface area contributed by atoms with Crippen molar-refractivity contribution in [2.24, 2.45) is 23.7 Å². The molecule has 20 rings (SSSR count). The summed E-state index contributed by atoms with van der Waals surface area (Å²) in [5.74, 6) is -1.02. The second-order valence-electron chi connectivity index (χ2n) is 33.7. The maximum atomic E-state index is 13.9. The quantitative estimate of drug-likeness (QED) is 0.0318. The van der Waals surface area contributed by atoms with E-state index in [9.17, 15) is 95.0 Å². The number of benzene rings is 8. The molecule has 0 saturated heterocycles. The number of rotatable bonds is 27. The van der Waals surface area contributed by atoms with Gasteiger partial charge in [-0.05, 0) is 162 Å². The number of fused-ring (bicyclic) bond motifs is 12. The van der Waals surface area contributed by atoms with Crippen LogP contribution in [0.2, 0.25) is 0 Å². The number of ether oxygens (including phenoxy) is 8. The molecule has 4 aromatic heterocycles. The van der Waals surface area contributed by atoms with Crippen LogP contribution in [-0.2, 0) is 63.4 Å². The first-order valence-corrected chi connectivity index (χ1v) is 43.0. The number of Topliss-reactive ketones (excluding diaryl/α,β-unsaturated/α-hetero) is 4. The van der Waals surface area contributed by atoms with Crippen LogP contribution in [0, 0.1) is 52.8 Å². The molecule has 0 radical (unpaired) electrons. The lowest BCUT2D eigenvalue weighted by molar-refractivity contribution is -0.140. The number of alkyl halides is 9. The number of carbonyl (C=O) groups excluding carboxylic acids is 7. The lowest BCUT2D eigenvalue weighted by Gasteiger charge is -2.12. The van der Waals surface area contributed by atoms with Crippen molar-refractivity contribution in [2.45, 2.75) is 118 Å². The van der Waals surface area contributed by atoms with Gasteiger partial charge in [-0.25, -0.2) is 22.0 Å². The Balaban J connectivity index is 0.000000127. The van der Waals surface area contributed by atoms with Gasteiger partial charge in [0.1, 0.15) is 151 Å². The van der Waals surface area contributed by atoms with Crippen molar-refractivity contribution in [3.8, 4) is 69.0 Å². The van der Waals surface area contributed by atoms with Gasteiger partial charge >= 0.3 is 18.5 Å². The second-order valence-corrected chi connectivity index (χ2v) is 33.7. The highest BCUT2D eigenvalue weighted by atomic mass is 19.4. The SMILES string of the molecule is CNC(=O)c1cc(Oc2ccc3c(c2)[C@H]2[C@H](CC(=O)Cc4cc(F)c(F)cc4F)[C@H]2O3)ccn1.CNC(=O)c1cc(Oc2ccc3c(c2)[C@H]2[C@H](CC(=O)Cc4ccc(F)c(C(F)(F)F)c4)[C@H]2O3)ccn1.CNC(=O)c1cc(Oc2ccc3c(c2)[C@H]2[C@H](CC(=O)Cc4cccc(C(F)(F)F)c4)[C@H]2O3)ccn1.O=C(Cc1ccc(F)c(C(F)(F)F)c1)C[C@@H]1[C@H]2Oc3ccc(Oc4ccncc4)cc3[C@@H]12. The number of carbonyl (C=O) groups is 7. The molecule has 4 saturated carbocycles. The fourth-order valence-electron chi connectivity index (χ4n) is 17.8. The fourth-order valence-corrected chi connectivity index (χ4v) is 17.8. The Morgan fingerprint density at radius 3 is 0.964 bits per heavy atom. The van der Waals surface area contributed by atoms with Crippen LogP contribution in [-0.4, -0.2) is 106 Å². The molecule has 0 unspecified atom stereocenters. The first kappa shape index (κ1) is 93.7. The summed E-state index contributed by atoms with van der Waals surface area (Å²) in [5, 5.41) is 7.51. The highest BCUT2D eigenvalue weighted by Crippen LogP contribution is 2.64. The minimum Gasteiger partial charge on any atom is -0.489 e. The van der Waals surface area contributed by atoms with E-state index in [0.29, 0.717) is 81.3 Å². The van der Waals surface area contributed by atoms with E-state index in [1.54, 1.807) is 85.2 Å². The van der Waals surface area contributed by atoms with Gasteiger partial charge in [0.05, 0.1) is 16.7 Å². The Hall–Kier alpha value is -15.1. The van der Waals surface area contributed by atoms with Crippen molar-refractivity contribution < 1.29 is 133 Å². The molecule has 704 valence electrons. The Morgan fingerprint density at radius 2 is 0.628 bits per heavy atom. The van der Waals surface area contributed by atoms with Crippen LogP contribution in [0.5, 0.6) is 69.0 Å². The predicted octanol–water partition coefficient (Wildman–Crippen LogP) is 20.0. The van der Waals surface area contributed by atoms with Crippen LogP contribution in [0.15, 0.2) is 225 Å². The summed E-state index contributed by atoms with van der Waals surface area (Å²) in [6, 6.07) is 45.9. The zero-order chi connectivity index (χ0) is 96.8. The minimum absolute atomic E-state index is 0.00355. The van der Waals surface area contributed by atoms with Crippen LogP contribution in [0.1, 0.15) is 142 Å². The molecule has 8 aliphatic rings. The van der Waals surface area contributed by atoms with E-state index in [1.165, 1.54) is 82.2 Å². The summed E-state index contributed by atoms with van der Waals surface area (Å²) in [5.41, 5.74) is 1.30. The molecule has 0 spiro atoms. The molecule has 22 nitrogen and oxygen atoms in total. The van der Waals surface area contributed by atoms with Gasteiger partial charge in [0.15, 0.2) is 11.6 Å². The van der Waals surface area contributed by atoms with E-state index in [0.717, 1.165) is 64.1 Å². The van der Waals surface area contributed by atoms with E-state index in [4.69, 9.17) is 37.9 Å². The topological polar surface area (TPSA) is 281 Å². The lowest BCUT2D eigenvalue weighted by atomic mass is 10.00. The number of aromatic nitrogens is 4. The van der Waals surface area contributed by atoms with Crippen LogP contribution in [0.3, 0.4) is 0 Å². The highest BCUT2D eigenvalue weighted by Gasteiger charge is 2.62. The fraction of sp³-hybridized carbons (Fsp3) is 0.257. The number of nitrogens with zero attached hydrogens (tertiary/aromatic N) is 4. The third kappa shape index (κ3) is 21.3. The zero-order valence-corrected chi connectivity index (χ0v) is 72.2. The molecule has 12 atom stereocenters. The van der Waals surface area contributed by atoms with Crippen molar-refractivity contribution in [3.05, 3.63) is 332 Å². The van der Waals surface area contributed by atoms with E-state index >= 15 is 0 Å². The minimum atomic E-state index is -4.83. The molecule has 8 aromatic carbocycles. The smallest absolute Gasteiger partial charge is 0.419 e. The van der Waals surface area contributed by atoms with Crippen molar-refractivity contribution in [3.63, 3.8) is 0 Å². The average molecular weight is 1890 g/mol. The van der Waals surface area contributed by atoms with E-state index in [2.05, 4.69) is 35.9 Å². The molecule has 3 N–H and O–H groups in total. The molecule has 36 heteroatoms. The normalized spacial score (nSPS) is 19.9. The molecule has 4 fully saturated rings. The average Bonchev–Trinajstić information content (AvgIpc) is 1.57. The van der Waals surface area contributed by atoms with Crippen LogP contribution in [0.4, 0.5) is 61.5 Å². The molecule has 0 bridgehead atoms.